The fraction of sp³-hybridized carbons (Fsp3) is 0.278. The van der Waals surface area contributed by atoms with Crippen molar-refractivity contribution in [3.05, 3.63) is 57.3 Å². The summed E-state index contributed by atoms with van der Waals surface area (Å²) >= 11 is 12.2. The van der Waals surface area contributed by atoms with Gasteiger partial charge in [-0.05, 0) is 30.7 Å². The number of esters is 1. The largest absolute Gasteiger partial charge is 0.506 e. The molecule has 0 aliphatic heterocycles. The van der Waals surface area contributed by atoms with Crippen LogP contribution < -0.4 is 0 Å². The molecule has 0 unspecified atom stereocenters. The smallest absolute Gasteiger partial charge is 0.306 e. The van der Waals surface area contributed by atoms with Gasteiger partial charge in [0.15, 0.2) is 5.78 Å². The molecule has 5 nitrogen and oxygen atoms in total. The van der Waals surface area contributed by atoms with Gasteiger partial charge in [-0.1, -0.05) is 35.3 Å². The van der Waals surface area contributed by atoms with Gasteiger partial charge >= 0.3 is 5.97 Å². The molecule has 0 spiro atoms. The monoisotopic (exact) mass is 381 g/mol. The Hall–Kier alpha value is -2.11. The molecule has 0 aliphatic carbocycles. The van der Waals surface area contributed by atoms with Crippen LogP contribution in [0.2, 0.25) is 10.0 Å². The van der Waals surface area contributed by atoms with Gasteiger partial charge in [-0.25, -0.2) is 4.98 Å². The number of ether oxygens (including phenoxy) is 1. The lowest BCUT2D eigenvalue weighted by Gasteiger charge is -2.08. The van der Waals surface area contributed by atoms with Crippen LogP contribution in [0.5, 0.6) is 5.75 Å². The van der Waals surface area contributed by atoms with Crippen LogP contribution >= 0.6 is 23.2 Å². The minimum Gasteiger partial charge on any atom is -0.506 e. The molecule has 132 valence electrons. The summed E-state index contributed by atoms with van der Waals surface area (Å²) in [5.74, 6) is -1.11. The van der Waals surface area contributed by atoms with E-state index in [1.165, 1.54) is 6.07 Å². The van der Waals surface area contributed by atoms with E-state index in [9.17, 15) is 14.7 Å². The first kappa shape index (κ1) is 19.2. The van der Waals surface area contributed by atoms with Crippen LogP contribution in [0.3, 0.4) is 0 Å². The number of aromatic nitrogens is 1. The second-order valence-corrected chi connectivity index (χ2v) is 6.07. The number of aromatic hydroxyl groups is 1. The van der Waals surface area contributed by atoms with E-state index in [0.29, 0.717) is 22.2 Å². The molecular formula is C18H17Cl2NO4. The number of halogens is 2. The third-order valence-corrected chi connectivity index (χ3v) is 4.32. The Morgan fingerprint density at radius 1 is 1.16 bits per heavy atom. The van der Waals surface area contributed by atoms with Gasteiger partial charge in [-0.15, -0.1) is 0 Å². The molecule has 1 aromatic heterocycles. The number of carbonyl (C=O) groups is 2. The Morgan fingerprint density at radius 2 is 1.92 bits per heavy atom. The van der Waals surface area contributed by atoms with Crippen LogP contribution in [-0.2, 0) is 16.0 Å². The summed E-state index contributed by atoms with van der Waals surface area (Å²) in [6.45, 7) is 1.95. The van der Waals surface area contributed by atoms with Crippen LogP contribution in [0.25, 0.3) is 0 Å². The molecule has 0 fully saturated rings. The lowest BCUT2D eigenvalue weighted by molar-refractivity contribution is -0.143. The average Bonchev–Trinajstić information content (AvgIpc) is 2.58. The Bertz CT molecular complexity index is 793. The van der Waals surface area contributed by atoms with E-state index < -0.39 is 11.8 Å². The van der Waals surface area contributed by atoms with Gasteiger partial charge in [0.2, 0.25) is 0 Å². The van der Waals surface area contributed by atoms with Crippen LogP contribution in [0, 0.1) is 0 Å². The quantitative estimate of drug-likeness (QED) is 0.574. The van der Waals surface area contributed by atoms with Gasteiger partial charge < -0.3 is 9.84 Å². The zero-order chi connectivity index (χ0) is 18.4. The highest BCUT2D eigenvalue weighted by Gasteiger charge is 2.16. The summed E-state index contributed by atoms with van der Waals surface area (Å²) in [6, 6.07) is 8.27. The molecule has 1 aromatic carbocycles. The van der Waals surface area contributed by atoms with Crippen molar-refractivity contribution in [3.8, 4) is 5.75 Å². The molecule has 0 bridgehead atoms. The molecule has 25 heavy (non-hydrogen) atoms. The molecule has 0 saturated carbocycles. The van der Waals surface area contributed by atoms with Gasteiger partial charge in [0.25, 0.3) is 0 Å². The van der Waals surface area contributed by atoms with E-state index in [0.717, 1.165) is 5.56 Å². The SMILES string of the molecule is CCOC(=O)CCC(=O)c1nc(Cc2cccc(Cl)c2Cl)ccc1O. The number of carbonyl (C=O) groups excluding carboxylic acids is 2. The molecule has 2 aromatic rings. The number of ketones is 1. The minimum absolute atomic E-state index is 0.0574. The first-order valence-corrected chi connectivity index (χ1v) is 8.48. The molecule has 7 heteroatoms. The highest BCUT2D eigenvalue weighted by molar-refractivity contribution is 6.42. The number of benzene rings is 1. The van der Waals surface area contributed by atoms with Crippen LogP contribution in [0.1, 0.15) is 41.5 Å². The first-order valence-electron chi connectivity index (χ1n) is 7.73. The number of hydrogen-bond donors (Lipinski definition) is 1. The van der Waals surface area contributed by atoms with Crippen LogP contribution in [-0.4, -0.2) is 28.4 Å². The maximum absolute atomic E-state index is 12.2. The molecular weight excluding hydrogens is 365 g/mol. The van der Waals surface area contributed by atoms with E-state index in [4.69, 9.17) is 27.9 Å². The number of rotatable bonds is 7. The lowest BCUT2D eigenvalue weighted by atomic mass is 10.1. The summed E-state index contributed by atoms with van der Waals surface area (Å²) in [6.07, 6.45) is 0.219. The Balaban J connectivity index is 2.15. The summed E-state index contributed by atoms with van der Waals surface area (Å²) < 4.78 is 4.78. The van der Waals surface area contributed by atoms with Gasteiger partial charge in [0, 0.05) is 18.5 Å². The summed E-state index contributed by atoms with van der Waals surface area (Å²) in [5.41, 5.74) is 1.25. The number of Topliss-reactive ketones (excluding diaryl/α,β-unsaturated/α-hetero) is 1. The van der Waals surface area contributed by atoms with E-state index >= 15 is 0 Å². The van der Waals surface area contributed by atoms with Gasteiger partial charge in [0.05, 0.1) is 23.1 Å². The second-order valence-electron chi connectivity index (χ2n) is 5.29. The highest BCUT2D eigenvalue weighted by Crippen LogP contribution is 2.27. The summed E-state index contributed by atoms with van der Waals surface area (Å²) in [7, 11) is 0. The zero-order valence-electron chi connectivity index (χ0n) is 13.6. The topological polar surface area (TPSA) is 76.5 Å². The predicted octanol–water partition coefficient (Wildman–Crippen LogP) is 4.21. The molecule has 1 heterocycles. The average molecular weight is 382 g/mol. The van der Waals surface area contributed by atoms with Crippen molar-refractivity contribution in [2.24, 2.45) is 0 Å². The maximum atomic E-state index is 12.2. The molecule has 0 radical (unpaired) electrons. The van der Waals surface area contributed by atoms with Crippen molar-refractivity contribution >= 4 is 35.0 Å². The summed E-state index contributed by atoms with van der Waals surface area (Å²) in [4.78, 5) is 27.8. The van der Waals surface area contributed by atoms with Crippen molar-refractivity contribution in [1.82, 2.24) is 4.98 Å². The summed E-state index contributed by atoms with van der Waals surface area (Å²) in [5, 5.41) is 10.8. The zero-order valence-corrected chi connectivity index (χ0v) is 15.1. The van der Waals surface area contributed by atoms with Crippen molar-refractivity contribution in [3.63, 3.8) is 0 Å². The van der Waals surface area contributed by atoms with E-state index in [1.807, 2.05) is 6.07 Å². The molecule has 0 atom stereocenters. The van der Waals surface area contributed by atoms with Crippen LogP contribution in [0.15, 0.2) is 30.3 Å². The fourth-order valence-corrected chi connectivity index (χ4v) is 2.63. The van der Waals surface area contributed by atoms with Crippen LogP contribution in [0.4, 0.5) is 0 Å². The number of nitrogens with zero attached hydrogens (tertiary/aromatic N) is 1. The van der Waals surface area contributed by atoms with Gasteiger partial charge in [-0.2, -0.15) is 0 Å². The third kappa shape index (κ3) is 5.18. The van der Waals surface area contributed by atoms with Crippen molar-refractivity contribution in [1.29, 1.82) is 0 Å². The predicted molar refractivity (Wildman–Crippen MR) is 95.4 cm³/mol. The molecule has 1 N–H and O–H groups in total. The number of hydrogen-bond acceptors (Lipinski definition) is 5. The van der Waals surface area contributed by atoms with Crippen molar-refractivity contribution in [2.45, 2.75) is 26.2 Å². The van der Waals surface area contributed by atoms with Crippen molar-refractivity contribution in [2.75, 3.05) is 6.61 Å². The van der Waals surface area contributed by atoms with Crippen molar-refractivity contribution < 1.29 is 19.4 Å². The van der Waals surface area contributed by atoms with E-state index in [1.54, 1.807) is 25.1 Å². The molecule has 0 amide bonds. The lowest BCUT2D eigenvalue weighted by Crippen LogP contribution is -2.10. The highest BCUT2D eigenvalue weighted by atomic mass is 35.5. The Labute approximate surface area is 155 Å². The molecule has 2 rings (SSSR count). The van der Waals surface area contributed by atoms with Gasteiger partial charge in [-0.3, -0.25) is 9.59 Å². The Morgan fingerprint density at radius 3 is 2.64 bits per heavy atom. The normalized spacial score (nSPS) is 10.5. The minimum atomic E-state index is -0.461. The fourth-order valence-electron chi connectivity index (χ4n) is 2.24. The Kier molecular flexibility index (Phi) is 6.79. The maximum Gasteiger partial charge on any atom is 0.306 e. The van der Waals surface area contributed by atoms with E-state index in [2.05, 4.69) is 4.98 Å². The first-order chi connectivity index (χ1) is 11.9. The second kappa shape index (κ2) is 8.83. The molecule has 0 saturated heterocycles. The third-order valence-electron chi connectivity index (χ3n) is 3.46. The number of pyridine rings is 1. The van der Waals surface area contributed by atoms with Gasteiger partial charge in [0.1, 0.15) is 11.4 Å². The van der Waals surface area contributed by atoms with E-state index in [-0.39, 0.29) is 30.9 Å². The standard InChI is InChI=1S/C18H17Cl2NO4/c1-2-25-16(24)9-8-15(23)18-14(22)7-6-12(21-18)10-11-4-3-5-13(19)17(11)20/h3-7,22H,2,8-10H2,1H3. The molecule has 0 aliphatic rings.